The second-order valence-electron chi connectivity index (χ2n) is 19.1. The zero-order chi connectivity index (χ0) is 64.1. The van der Waals surface area contributed by atoms with Gasteiger partial charge in [-0.3, -0.25) is 9.59 Å². The van der Waals surface area contributed by atoms with Gasteiger partial charge in [0.25, 0.3) is 0 Å². The normalized spacial score (nSPS) is 13.1. The van der Waals surface area contributed by atoms with Gasteiger partial charge in [0.2, 0.25) is 12.3 Å². The zero-order valence-corrected chi connectivity index (χ0v) is 43.3. The summed E-state index contributed by atoms with van der Waals surface area (Å²) in [7, 11) is 0. The molecule has 0 N–H and O–H groups in total. The number of ketones is 2. The summed E-state index contributed by atoms with van der Waals surface area (Å²) >= 11 is 4.42. The SMILES string of the molecule is FC(F)(F)c1cc([B-](c2cc(C(F)(F)F)cc(C(F)(F)F)c2)(c2cc(C(F)(F)F)cc(C(F)(F)F)c2)c2cc(C(F)(F)F)cc(C(F)(F)F)c2)cc(C(F)(F)F)c1.O=C(C[n+]1ccc2ccccc2c1CC(=O)c1ccccc1S)c1ccccc1. The number of carbonyl (C=O) groups excluding carboxylic acids is 2. The Morgan fingerprint density at radius 3 is 0.988 bits per heavy atom. The lowest BCUT2D eigenvalue weighted by Gasteiger charge is -2.46. The number of Topliss-reactive ketones (excluding diaryl/α,β-unsaturated/α-hetero) is 2. The third-order valence-electron chi connectivity index (χ3n) is 13.4. The molecule has 0 saturated heterocycles. The highest BCUT2D eigenvalue weighted by Gasteiger charge is 2.47. The van der Waals surface area contributed by atoms with E-state index >= 15 is 0 Å². The van der Waals surface area contributed by atoms with E-state index in [-0.39, 0.29) is 24.5 Å². The summed E-state index contributed by atoms with van der Waals surface area (Å²) in [5.74, 6) is -0.0120. The molecular weight excluding hydrogens is 1230 g/mol. The Labute approximate surface area is 473 Å². The van der Waals surface area contributed by atoms with Crippen molar-refractivity contribution >= 4 is 63.0 Å². The highest BCUT2D eigenvalue weighted by Crippen LogP contribution is 2.42. The fourth-order valence-electron chi connectivity index (χ4n) is 9.56. The van der Waals surface area contributed by atoms with Crippen molar-refractivity contribution in [3.63, 3.8) is 0 Å². The number of nitrogens with zero attached hydrogens (tertiary/aromatic N) is 1. The van der Waals surface area contributed by atoms with Gasteiger partial charge in [-0.05, 0) is 41.8 Å². The number of thiol groups is 1. The Morgan fingerprint density at radius 1 is 0.360 bits per heavy atom. The van der Waals surface area contributed by atoms with E-state index < -0.39 is 195 Å². The number of fused-ring (bicyclic) bond motifs is 1. The van der Waals surface area contributed by atoms with E-state index in [4.69, 9.17) is 0 Å². The molecule has 1 aromatic heterocycles. The van der Waals surface area contributed by atoms with Crippen LogP contribution in [0.5, 0.6) is 0 Å². The van der Waals surface area contributed by atoms with Crippen LogP contribution in [0.4, 0.5) is 105 Å². The van der Waals surface area contributed by atoms with Gasteiger partial charge in [-0.25, -0.2) is 0 Å². The smallest absolute Gasteiger partial charge is 0.294 e. The van der Waals surface area contributed by atoms with Crippen LogP contribution in [0.25, 0.3) is 10.8 Å². The molecule has 0 unspecified atom stereocenters. The minimum atomic E-state index is -6.13. The largest absolute Gasteiger partial charge is 0.416 e. The first-order chi connectivity index (χ1) is 39.4. The summed E-state index contributed by atoms with van der Waals surface area (Å²) in [4.78, 5) is 26.5. The summed E-state index contributed by atoms with van der Waals surface area (Å²) in [6, 6.07) is 17.6. The molecule has 454 valence electrons. The van der Waals surface area contributed by atoms with E-state index in [9.17, 15) is 115 Å². The molecule has 8 rings (SSSR count). The summed E-state index contributed by atoms with van der Waals surface area (Å²) in [6.45, 7) is 0.181. The number of hydrogen-bond acceptors (Lipinski definition) is 3. The first kappa shape index (κ1) is 65.6. The molecule has 7 aromatic carbocycles. The van der Waals surface area contributed by atoms with Crippen molar-refractivity contribution in [2.45, 2.75) is 67.3 Å². The van der Waals surface area contributed by atoms with Gasteiger partial charge in [-0.15, -0.1) is 12.6 Å². The molecule has 0 aliphatic heterocycles. The number of aromatic nitrogens is 1. The van der Waals surface area contributed by atoms with Crippen molar-refractivity contribution in [2.75, 3.05) is 0 Å². The molecule has 86 heavy (non-hydrogen) atoms. The lowest BCUT2D eigenvalue weighted by molar-refractivity contribution is -0.688. The maximum atomic E-state index is 14.2. The average molecular weight is 1260 g/mol. The Hall–Kier alpha value is -7.98. The van der Waals surface area contributed by atoms with Crippen LogP contribution in [0.2, 0.25) is 0 Å². The molecule has 0 spiro atoms. The minimum Gasteiger partial charge on any atom is -0.294 e. The maximum Gasteiger partial charge on any atom is 0.416 e. The number of alkyl halides is 24. The van der Waals surface area contributed by atoms with E-state index in [1.165, 1.54) is 0 Å². The first-order valence-electron chi connectivity index (χ1n) is 24.0. The summed E-state index contributed by atoms with van der Waals surface area (Å²) in [6.07, 6.45) is -52.7. The zero-order valence-electron chi connectivity index (χ0n) is 42.4. The standard InChI is InChI=1S/C32H12BF24.C25H19NO2S/c34-25(35,36)13-1-14(26(37,38)39)6-21(5-13)33(22-7-15(27(40,41)42)2-16(8-22)28(43,44)45,23-9-17(29(46,47)48)3-18(10-23)30(49,50)51)24-11-19(31(52,53)54)4-20(12-24)32(55,56)57;27-23(21-12-6-7-13-25(21)29)16-22-20-11-5-4-8-18(20)14-15-26(22)17-24(28)19-9-2-1-3-10-19/h1-12H;1-15H,16-17H2/q-1;/p+1. The van der Waals surface area contributed by atoms with E-state index in [0.29, 0.717) is 16.0 Å². The number of pyridine rings is 1. The third-order valence-corrected chi connectivity index (χ3v) is 13.8. The average Bonchev–Trinajstić information content (AvgIpc) is 0.755. The number of carbonyl (C=O) groups is 2. The summed E-state index contributed by atoms with van der Waals surface area (Å²) in [5.41, 5.74) is -28.1. The van der Waals surface area contributed by atoms with Gasteiger partial charge < -0.3 is 0 Å². The fourth-order valence-corrected chi connectivity index (χ4v) is 9.85. The minimum absolute atomic E-state index is 0.00850. The monoisotopic (exact) mass is 1260 g/mol. The molecule has 0 saturated carbocycles. The van der Waals surface area contributed by atoms with Gasteiger partial charge in [0.15, 0.2) is 17.7 Å². The predicted molar refractivity (Wildman–Crippen MR) is 267 cm³/mol. The molecule has 0 aliphatic rings. The lowest BCUT2D eigenvalue weighted by Crippen LogP contribution is -2.75. The molecule has 29 heteroatoms. The Kier molecular flexibility index (Phi) is 17.8. The van der Waals surface area contributed by atoms with Crippen molar-refractivity contribution in [3.8, 4) is 0 Å². The molecule has 0 amide bonds. The Bertz CT molecular complexity index is 3400. The maximum absolute atomic E-state index is 14.2. The van der Waals surface area contributed by atoms with E-state index in [1.54, 1.807) is 6.07 Å². The first-order valence-corrected chi connectivity index (χ1v) is 24.5. The van der Waals surface area contributed by atoms with Gasteiger partial charge in [-0.1, -0.05) is 115 Å². The molecule has 0 atom stereocenters. The number of benzene rings is 7. The van der Waals surface area contributed by atoms with Gasteiger partial charge >= 0.3 is 49.4 Å². The van der Waals surface area contributed by atoms with Crippen LogP contribution in [0.15, 0.2) is 169 Å². The fraction of sp³-hybridized carbons (Fsp3) is 0.175. The van der Waals surface area contributed by atoms with E-state index in [0.717, 1.165) is 16.5 Å². The number of rotatable bonds is 10. The third kappa shape index (κ3) is 14.6. The molecule has 0 bridgehead atoms. The van der Waals surface area contributed by atoms with Crippen LogP contribution in [0.3, 0.4) is 0 Å². The van der Waals surface area contributed by atoms with Crippen molar-refractivity contribution in [1.29, 1.82) is 0 Å². The predicted octanol–water partition coefficient (Wildman–Crippen LogP) is 15.9. The molecule has 0 radical (unpaired) electrons. The molecule has 3 nitrogen and oxygen atoms in total. The summed E-state index contributed by atoms with van der Waals surface area (Å²) in [5, 5.41) is 2.01. The topological polar surface area (TPSA) is 38.0 Å². The summed E-state index contributed by atoms with van der Waals surface area (Å²) < 4.78 is 343. The second-order valence-corrected chi connectivity index (χ2v) is 19.6. The van der Waals surface area contributed by atoms with Crippen LogP contribution in [-0.4, -0.2) is 17.7 Å². The van der Waals surface area contributed by atoms with Crippen molar-refractivity contribution in [3.05, 3.63) is 225 Å². The Balaban J connectivity index is 0.000000302. The number of hydrogen-bond donors (Lipinski definition) is 1. The molecule has 8 aromatic rings. The van der Waals surface area contributed by atoms with E-state index in [1.807, 2.05) is 89.6 Å². The van der Waals surface area contributed by atoms with Crippen LogP contribution in [0.1, 0.15) is 70.9 Å². The van der Waals surface area contributed by atoms with Crippen molar-refractivity contribution in [1.82, 2.24) is 0 Å². The lowest BCUT2D eigenvalue weighted by atomic mass is 9.12. The molecule has 0 fully saturated rings. The van der Waals surface area contributed by atoms with E-state index in [2.05, 4.69) is 12.6 Å². The molecular formula is C57H32BF24NO2S. The van der Waals surface area contributed by atoms with Crippen molar-refractivity contribution in [2.24, 2.45) is 0 Å². The molecule has 1 heterocycles. The molecule has 0 aliphatic carbocycles. The number of halogens is 24. The van der Waals surface area contributed by atoms with Gasteiger partial charge in [0.05, 0.1) is 50.9 Å². The van der Waals surface area contributed by atoms with Crippen molar-refractivity contribution < 1.29 is 120 Å². The van der Waals surface area contributed by atoms with Crippen LogP contribution < -0.4 is 26.4 Å². The second kappa shape index (κ2) is 23.4. The van der Waals surface area contributed by atoms with Gasteiger partial charge in [0, 0.05) is 27.5 Å². The van der Waals surface area contributed by atoms with Crippen LogP contribution >= 0.6 is 12.6 Å². The quantitative estimate of drug-likeness (QED) is 0.0487. The van der Waals surface area contributed by atoms with Crippen LogP contribution in [-0.2, 0) is 62.4 Å². The highest BCUT2D eigenvalue weighted by atomic mass is 32.1. The van der Waals surface area contributed by atoms with Gasteiger partial charge in [-0.2, -0.15) is 132 Å². The van der Waals surface area contributed by atoms with Crippen LogP contribution in [0, 0.1) is 0 Å². The Morgan fingerprint density at radius 2 is 0.663 bits per heavy atom. The van der Waals surface area contributed by atoms with Gasteiger partial charge in [0.1, 0.15) is 6.15 Å². The highest BCUT2D eigenvalue weighted by molar-refractivity contribution is 7.80.